The minimum Gasteiger partial charge on any atom is -0.269 e. The Hall–Kier alpha value is -0.500. The molecule has 0 atom stereocenters. The minimum absolute atomic E-state index is 0.582. The molecule has 2 rings (SSSR count). The zero-order valence-corrected chi connectivity index (χ0v) is 7.30. The highest BCUT2D eigenvalue weighted by Crippen LogP contribution is 2.34. The molecule has 1 saturated carbocycles. The maximum atomic E-state index is 5.72. The first kappa shape index (κ1) is 7.17. The van der Waals surface area contributed by atoms with Gasteiger partial charge in [-0.2, -0.15) is 5.10 Å². The Balaban J connectivity index is 2.28. The van der Waals surface area contributed by atoms with Crippen molar-refractivity contribution in [3.05, 3.63) is 17.5 Å². The van der Waals surface area contributed by atoms with Gasteiger partial charge < -0.3 is 0 Å². The minimum atomic E-state index is 0.582. The Morgan fingerprint density at radius 3 is 2.91 bits per heavy atom. The molecule has 0 saturated heterocycles. The second kappa shape index (κ2) is 2.52. The van der Waals surface area contributed by atoms with Crippen molar-refractivity contribution in [3.63, 3.8) is 0 Å². The topological polar surface area (TPSA) is 17.8 Å². The average molecular weight is 171 g/mol. The fraction of sp³-hybridized carbons (Fsp3) is 0.625. The van der Waals surface area contributed by atoms with Gasteiger partial charge in [-0.1, -0.05) is 0 Å². The van der Waals surface area contributed by atoms with Gasteiger partial charge >= 0.3 is 0 Å². The molecule has 2 nitrogen and oxygen atoms in total. The van der Waals surface area contributed by atoms with Gasteiger partial charge in [-0.25, -0.2) is 0 Å². The molecule has 11 heavy (non-hydrogen) atoms. The standard InChI is InChI=1S/C8H11ClN2/c1-6-7(4-9)5-11(10-6)8-2-3-8/h5,8H,2-4H2,1H3. The number of rotatable bonds is 2. The quantitative estimate of drug-likeness (QED) is 0.623. The van der Waals surface area contributed by atoms with Crippen LogP contribution in [0.15, 0.2) is 6.20 Å². The highest BCUT2D eigenvalue weighted by Gasteiger charge is 2.24. The van der Waals surface area contributed by atoms with Crippen LogP contribution in [0.25, 0.3) is 0 Å². The van der Waals surface area contributed by atoms with E-state index in [1.807, 2.05) is 11.6 Å². The molecule has 1 aliphatic carbocycles. The Morgan fingerprint density at radius 1 is 1.73 bits per heavy atom. The van der Waals surface area contributed by atoms with E-state index in [4.69, 9.17) is 11.6 Å². The van der Waals surface area contributed by atoms with Crippen molar-refractivity contribution >= 4 is 11.6 Å². The molecule has 0 N–H and O–H groups in total. The van der Waals surface area contributed by atoms with E-state index in [0.717, 1.165) is 5.69 Å². The van der Waals surface area contributed by atoms with E-state index < -0.39 is 0 Å². The Labute approximate surface area is 71.2 Å². The summed E-state index contributed by atoms with van der Waals surface area (Å²) in [5.41, 5.74) is 2.24. The van der Waals surface area contributed by atoms with E-state index >= 15 is 0 Å². The van der Waals surface area contributed by atoms with E-state index in [1.165, 1.54) is 18.4 Å². The smallest absolute Gasteiger partial charge is 0.0637 e. The summed E-state index contributed by atoms with van der Waals surface area (Å²) in [7, 11) is 0. The fourth-order valence-electron chi connectivity index (χ4n) is 1.18. The van der Waals surface area contributed by atoms with Gasteiger partial charge in [-0.3, -0.25) is 4.68 Å². The van der Waals surface area contributed by atoms with Crippen LogP contribution in [0.3, 0.4) is 0 Å². The molecular formula is C8H11ClN2. The van der Waals surface area contributed by atoms with Gasteiger partial charge in [0.1, 0.15) is 0 Å². The van der Waals surface area contributed by atoms with Gasteiger partial charge in [0.2, 0.25) is 0 Å². The molecule has 0 amide bonds. The maximum Gasteiger partial charge on any atom is 0.0637 e. The third kappa shape index (κ3) is 1.27. The molecular weight excluding hydrogens is 160 g/mol. The van der Waals surface area contributed by atoms with E-state index in [2.05, 4.69) is 11.3 Å². The second-order valence-electron chi connectivity index (χ2n) is 3.08. The normalized spacial score (nSPS) is 17.3. The summed E-state index contributed by atoms with van der Waals surface area (Å²) >= 11 is 5.72. The highest BCUT2D eigenvalue weighted by atomic mass is 35.5. The first-order valence-corrected chi connectivity index (χ1v) is 4.45. The first-order chi connectivity index (χ1) is 5.31. The van der Waals surface area contributed by atoms with Gasteiger partial charge in [0.25, 0.3) is 0 Å². The van der Waals surface area contributed by atoms with Gasteiger partial charge in [0, 0.05) is 11.8 Å². The first-order valence-electron chi connectivity index (χ1n) is 3.92. The van der Waals surface area contributed by atoms with Gasteiger partial charge in [0.05, 0.1) is 17.6 Å². The molecule has 1 aromatic heterocycles. The number of aromatic nitrogens is 2. The van der Waals surface area contributed by atoms with E-state index in [-0.39, 0.29) is 0 Å². The summed E-state index contributed by atoms with van der Waals surface area (Å²) in [6.45, 7) is 2.01. The Kier molecular flexibility index (Phi) is 1.64. The van der Waals surface area contributed by atoms with Gasteiger partial charge in [0.15, 0.2) is 0 Å². The molecule has 1 aliphatic rings. The number of hydrogen-bond donors (Lipinski definition) is 0. The summed E-state index contributed by atoms with van der Waals surface area (Å²) in [5.74, 6) is 0.582. The van der Waals surface area contributed by atoms with Crippen molar-refractivity contribution in [3.8, 4) is 0 Å². The van der Waals surface area contributed by atoms with Crippen LogP contribution in [0.4, 0.5) is 0 Å². The van der Waals surface area contributed by atoms with Gasteiger partial charge in [-0.15, -0.1) is 11.6 Å². The molecule has 0 radical (unpaired) electrons. The lowest BCUT2D eigenvalue weighted by atomic mass is 10.3. The third-order valence-electron chi connectivity index (χ3n) is 2.08. The SMILES string of the molecule is Cc1nn(C2CC2)cc1CCl. The summed E-state index contributed by atoms with van der Waals surface area (Å²) < 4.78 is 2.05. The lowest BCUT2D eigenvalue weighted by molar-refractivity contribution is 0.635. The number of aryl methyl sites for hydroxylation is 1. The van der Waals surface area contributed by atoms with Crippen LogP contribution in [-0.4, -0.2) is 9.78 Å². The predicted octanol–water partition coefficient (Wildman–Crippen LogP) is 2.27. The van der Waals surface area contributed by atoms with E-state index in [9.17, 15) is 0 Å². The second-order valence-corrected chi connectivity index (χ2v) is 3.35. The van der Waals surface area contributed by atoms with Gasteiger partial charge in [-0.05, 0) is 19.8 Å². The molecule has 0 unspecified atom stereocenters. The fourth-order valence-corrected chi connectivity index (χ4v) is 1.44. The zero-order valence-electron chi connectivity index (χ0n) is 6.55. The molecule has 0 bridgehead atoms. The Morgan fingerprint density at radius 2 is 2.45 bits per heavy atom. The molecule has 1 aromatic rings. The molecule has 3 heteroatoms. The lowest BCUT2D eigenvalue weighted by Crippen LogP contribution is -1.93. The zero-order chi connectivity index (χ0) is 7.84. The van der Waals surface area contributed by atoms with Crippen molar-refractivity contribution in [1.82, 2.24) is 9.78 Å². The monoisotopic (exact) mass is 170 g/mol. The predicted molar refractivity (Wildman–Crippen MR) is 44.8 cm³/mol. The van der Waals surface area contributed by atoms with Crippen LogP contribution in [0.2, 0.25) is 0 Å². The molecule has 0 aromatic carbocycles. The van der Waals surface area contributed by atoms with Crippen LogP contribution in [0, 0.1) is 6.92 Å². The summed E-state index contributed by atoms with van der Waals surface area (Å²) in [5, 5.41) is 4.38. The maximum absolute atomic E-state index is 5.72. The highest BCUT2D eigenvalue weighted by molar-refractivity contribution is 6.17. The van der Waals surface area contributed by atoms with Crippen LogP contribution < -0.4 is 0 Å². The van der Waals surface area contributed by atoms with Crippen LogP contribution in [-0.2, 0) is 5.88 Å². The number of nitrogens with zero attached hydrogens (tertiary/aromatic N) is 2. The molecule has 60 valence electrons. The largest absolute Gasteiger partial charge is 0.269 e. The van der Waals surface area contributed by atoms with Crippen molar-refractivity contribution in [2.75, 3.05) is 0 Å². The molecule has 1 heterocycles. The van der Waals surface area contributed by atoms with Crippen molar-refractivity contribution in [1.29, 1.82) is 0 Å². The lowest BCUT2D eigenvalue weighted by Gasteiger charge is -1.92. The molecule has 1 fully saturated rings. The summed E-state index contributed by atoms with van der Waals surface area (Å²) in [6.07, 6.45) is 4.63. The van der Waals surface area contributed by atoms with Crippen LogP contribution >= 0.6 is 11.6 Å². The third-order valence-corrected chi connectivity index (χ3v) is 2.37. The summed E-state index contributed by atoms with van der Waals surface area (Å²) in [6, 6.07) is 0.672. The Bertz CT molecular complexity index is 263. The van der Waals surface area contributed by atoms with Crippen LogP contribution in [0.5, 0.6) is 0 Å². The van der Waals surface area contributed by atoms with E-state index in [1.54, 1.807) is 0 Å². The summed E-state index contributed by atoms with van der Waals surface area (Å²) in [4.78, 5) is 0. The number of halogens is 1. The molecule has 0 spiro atoms. The van der Waals surface area contributed by atoms with Crippen LogP contribution in [0.1, 0.15) is 30.1 Å². The number of hydrogen-bond acceptors (Lipinski definition) is 1. The van der Waals surface area contributed by atoms with E-state index in [0.29, 0.717) is 11.9 Å². The van der Waals surface area contributed by atoms with Crippen molar-refractivity contribution in [2.24, 2.45) is 0 Å². The number of alkyl halides is 1. The average Bonchev–Trinajstić information content (AvgIpc) is 2.76. The van der Waals surface area contributed by atoms with Crippen molar-refractivity contribution < 1.29 is 0 Å². The molecule has 0 aliphatic heterocycles. The van der Waals surface area contributed by atoms with Crippen molar-refractivity contribution in [2.45, 2.75) is 31.7 Å².